The zero-order valence-corrected chi connectivity index (χ0v) is 28.2. The van der Waals surface area contributed by atoms with Crippen LogP contribution in [0.1, 0.15) is 48.4 Å². The molecule has 6 aromatic carbocycles. The summed E-state index contributed by atoms with van der Waals surface area (Å²) in [6, 6.07) is 39.0. The van der Waals surface area contributed by atoms with Crippen molar-refractivity contribution in [1.29, 1.82) is 0 Å². The summed E-state index contributed by atoms with van der Waals surface area (Å²) in [6.45, 7) is 2.03. The van der Waals surface area contributed by atoms with Crippen molar-refractivity contribution in [3.63, 3.8) is 0 Å². The number of benzene rings is 6. The number of fused-ring (bicyclic) bond motifs is 3. The van der Waals surface area contributed by atoms with Gasteiger partial charge in [0.25, 0.3) is 0 Å². The lowest BCUT2D eigenvalue weighted by Crippen LogP contribution is -2.23. The Bertz CT molecular complexity index is 2280. The Morgan fingerprint density at radius 2 is 0.849 bits per heavy atom. The van der Waals surface area contributed by atoms with Gasteiger partial charge in [0.2, 0.25) is 0 Å². The molecule has 0 fully saturated rings. The second-order valence-corrected chi connectivity index (χ2v) is 11.8. The number of hydrogen-bond acceptors (Lipinski definition) is 10. The minimum absolute atomic E-state index is 0.124. The fraction of sp³-hybridized carbons (Fsp3) is 0.0698. The minimum atomic E-state index is -0.695. The topological polar surface area (TPSA) is 124 Å². The van der Waals surface area contributed by atoms with E-state index in [0.29, 0.717) is 33.8 Å². The Balaban J connectivity index is 1.13. The van der Waals surface area contributed by atoms with Crippen molar-refractivity contribution in [1.82, 2.24) is 0 Å². The third kappa shape index (κ3) is 7.92. The van der Waals surface area contributed by atoms with Crippen molar-refractivity contribution < 1.29 is 47.6 Å². The SMILES string of the molecule is C[C@@H]1COc2cccc(OC(=O)c3ccc(OC(=O)c4ccccc4)cc3)c2-c2c(OC(=O)c3ccc(OC(=O)c4ccccc4)cc3)cccc2O1. The van der Waals surface area contributed by atoms with Crippen LogP contribution in [-0.4, -0.2) is 36.6 Å². The summed E-state index contributed by atoms with van der Waals surface area (Å²) in [5.41, 5.74) is 1.84. The van der Waals surface area contributed by atoms with E-state index in [1.165, 1.54) is 48.5 Å². The summed E-state index contributed by atoms with van der Waals surface area (Å²) in [7, 11) is 0. The molecule has 1 aliphatic heterocycles. The van der Waals surface area contributed by atoms with Crippen molar-refractivity contribution >= 4 is 23.9 Å². The Labute approximate surface area is 304 Å². The molecule has 0 radical (unpaired) electrons. The molecule has 0 aromatic heterocycles. The number of ether oxygens (including phenoxy) is 6. The van der Waals surface area contributed by atoms with E-state index in [1.807, 2.05) is 6.92 Å². The van der Waals surface area contributed by atoms with E-state index < -0.39 is 23.9 Å². The van der Waals surface area contributed by atoms with Gasteiger partial charge < -0.3 is 28.4 Å². The molecule has 0 saturated heterocycles. The van der Waals surface area contributed by atoms with E-state index in [9.17, 15) is 19.2 Å². The first-order valence-electron chi connectivity index (χ1n) is 16.6. The standard InChI is InChI=1S/C43H30O10/c1-27-26-48-34-14-8-16-36(52-42(46)30-18-22-32(23-19-30)50-40(44)28-10-4-2-5-11-28)38(34)39-35(49-27)15-9-17-37(39)53-43(47)31-20-24-33(25-21-31)51-41(45)29-12-6-3-7-13-29/h2-25,27H,26H2,1H3/t27-/m1/s1. The summed E-state index contributed by atoms with van der Waals surface area (Å²) >= 11 is 0. The van der Waals surface area contributed by atoms with Crippen LogP contribution in [0.5, 0.6) is 34.5 Å². The fourth-order valence-electron chi connectivity index (χ4n) is 5.48. The molecule has 0 bridgehead atoms. The lowest BCUT2D eigenvalue weighted by atomic mass is 10.00. The highest BCUT2D eigenvalue weighted by molar-refractivity contribution is 5.97. The van der Waals surface area contributed by atoms with Crippen LogP contribution >= 0.6 is 0 Å². The molecule has 6 aromatic rings. The van der Waals surface area contributed by atoms with Crippen LogP contribution < -0.4 is 28.4 Å². The average Bonchev–Trinajstić information content (AvgIpc) is 3.18. The van der Waals surface area contributed by atoms with E-state index in [-0.39, 0.29) is 46.8 Å². The molecule has 7 rings (SSSR count). The number of carbonyl (C=O) groups excluding carboxylic acids is 4. The lowest BCUT2D eigenvalue weighted by Gasteiger charge is -2.26. The van der Waals surface area contributed by atoms with Gasteiger partial charge in [-0.25, -0.2) is 19.2 Å². The summed E-state index contributed by atoms with van der Waals surface area (Å²) in [4.78, 5) is 51.9. The van der Waals surface area contributed by atoms with E-state index in [0.717, 1.165) is 0 Å². The second-order valence-electron chi connectivity index (χ2n) is 11.8. The Hall–Kier alpha value is -7.20. The third-order valence-corrected chi connectivity index (χ3v) is 8.05. The van der Waals surface area contributed by atoms with Gasteiger partial charge in [-0.2, -0.15) is 0 Å². The molecule has 0 amide bonds. The summed E-state index contributed by atoms with van der Waals surface area (Å²) in [5, 5.41) is 0. The van der Waals surface area contributed by atoms with Gasteiger partial charge in [-0.1, -0.05) is 48.5 Å². The molecule has 262 valence electrons. The van der Waals surface area contributed by atoms with E-state index in [1.54, 1.807) is 97.1 Å². The number of carbonyl (C=O) groups is 4. The van der Waals surface area contributed by atoms with Gasteiger partial charge in [0.1, 0.15) is 47.2 Å². The molecule has 1 atom stereocenters. The molecular formula is C43H30O10. The average molecular weight is 707 g/mol. The number of esters is 4. The molecule has 53 heavy (non-hydrogen) atoms. The Kier molecular flexibility index (Phi) is 9.93. The van der Waals surface area contributed by atoms with Crippen LogP contribution in [0.3, 0.4) is 0 Å². The van der Waals surface area contributed by atoms with Crippen LogP contribution in [-0.2, 0) is 0 Å². The molecule has 0 aliphatic carbocycles. The van der Waals surface area contributed by atoms with Crippen LogP contribution in [0.4, 0.5) is 0 Å². The van der Waals surface area contributed by atoms with E-state index in [2.05, 4.69) is 0 Å². The van der Waals surface area contributed by atoms with Gasteiger partial charge >= 0.3 is 23.9 Å². The smallest absolute Gasteiger partial charge is 0.343 e. The largest absolute Gasteiger partial charge is 0.489 e. The predicted octanol–water partition coefficient (Wildman–Crippen LogP) is 8.39. The molecule has 1 heterocycles. The van der Waals surface area contributed by atoms with Gasteiger partial charge in [0.05, 0.1) is 33.4 Å². The number of hydrogen-bond donors (Lipinski definition) is 0. The zero-order chi connectivity index (χ0) is 36.7. The summed E-state index contributed by atoms with van der Waals surface area (Å²) < 4.78 is 35.0. The maximum Gasteiger partial charge on any atom is 0.343 e. The minimum Gasteiger partial charge on any atom is -0.489 e. The van der Waals surface area contributed by atoms with Crippen molar-refractivity contribution in [2.45, 2.75) is 13.0 Å². The molecular weight excluding hydrogens is 676 g/mol. The second kappa shape index (κ2) is 15.4. The first-order chi connectivity index (χ1) is 25.8. The van der Waals surface area contributed by atoms with Gasteiger partial charge in [-0.3, -0.25) is 0 Å². The highest BCUT2D eigenvalue weighted by Gasteiger charge is 2.28. The van der Waals surface area contributed by atoms with Crippen LogP contribution in [0.2, 0.25) is 0 Å². The summed E-state index contributed by atoms with van der Waals surface area (Å²) in [5.74, 6) is -0.941. The number of rotatable bonds is 8. The van der Waals surface area contributed by atoms with Crippen LogP contribution in [0.25, 0.3) is 11.1 Å². The van der Waals surface area contributed by atoms with Crippen molar-refractivity contribution in [3.05, 3.63) is 168 Å². The van der Waals surface area contributed by atoms with Gasteiger partial charge in [-0.15, -0.1) is 0 Å². The van der Waals surface area contributed by atoms with Crippen molar-refractivity contribution in [2.75, 3.05) is 6.61 Å². The lowest BCUT2D eigenvalue weighted by molar-refractivity contribution is 0.0717. The Morgan fingerprint density at radius 3 is 1.32 bits per heavy atom. The molecule has 0 unspecified atom stereocenters. The third-order valence-electron chi connectivity index (χ3n) is 8.05. The van der Waals surface area contributed by atoms with E-state index in [4.69, 9.17) is 28.4 Å². The van der Waals surface area contributed by atoms with Gasteiger partial charge in [0, 0.05) is 0 Å². The van der Waals surface area contributed by atoms with Crippen molar-refractivity contribution in [3.8, 4) is 45.6 Å². The predicted molar refractivity (Wildman–Crippen MR) is 193 cm³/mol. The fourth-order valence-corrected chi connectivity index (χ4v) is 5.48. The highest BCUT2D eigenvalue weighted by Crippen LogP contribution is 2.49. The quantitative estimate of drug-likeness (QED) is 0.113. The maximum atomic E-state index is 13.5. The Morgan fingerprint density at radius 1 is 0.453 bits per heavy atom. The zero-order valence-electron chi connectivity index (χ0n) is 28.2. The first kappa shape index (κ1) is 34.3. The van der Waals surface area contributed by atoms with Gasteiger partial charge in [-0.05, 0) is 104 Å². The first-order valence-corrected chi connectivity index (χ1v) is 16.6. The maximum absolute atomic E-state index is 13.5. The molecule has 10 nitrogen and oxygen atoms in total. The monoisotopic (exact) mass is 706 g/mol. The highest BCUT2D eigenvalue weighted by atomic mass is 16.6. The molecule has 1 aliphatic rings. The van der Waals surface area contributed by atoms with Gasteiger partial charge in [0.15, 0.2) is 0 Å². The molecule has 0 spiro atoms. The van der Waals surface area contributed by atoms with Crippen molar-refractivity contribution in [2.24, 2.45) is 0 Å². The normalized spacial score (nSPS) is 13.0. The molecule has 10 heteroatoms. The van der Waals surface area contributed by atoms with E-state index >= 15 is 0 Å². The van der Waals surface area contributed by atoms with Crippen LogP contribution in [0, 0.1) is 0 Å². The van der Waals surface area contributed by atoms with Crippen LogP contribution in [0.15, 0.2) is 146 Å². The molecule has 0 N–H and O–H groups in total. The molecule has 0 saturated carbocycles. The summed E-state index contributed by atoms with van der Waals surface area (Å²) in [6.07, 6.45) is -0.375.